The molecule has 1 amide bonds. The van der Waals surface area contributed by atoms with Crippen LogP contribution in [0.2, 0.25) is 0 Å². The van der Waals surface area contributed by atoms with Crippen molar-refractivity contribution in [1.82, 2.24) is 0 Å². The first-order valence-electron chi connectivity index (χ1n) is 4.55. The maximum Gasteiger partial charge on any atom is 0.247 e. The lowest BCUT2D eigenvalue weighted by Gasteiger charge is -2.17. The minimum Gasteiger partial charge on any atom is -0.489 e. The second-order valence-electron chi connectivity index (χ2n) is 3.40. The molecule has 80 valence electrons. The summed E-state index contributed by atoms with van der Waals surface area (Å²) in [5.41, 5.74) is 5.71. The van der Waals surface area contributed by atoms with Gasteiger partial charge in [0.15, 0.2) is 5.82 Å². The minimum absolute atomic E-state index is 0.0691. The van der Waals surface area contributed by atoms with Crippen LogP contribution in [0.5, 0.6) is 5.75 Å². The average molecular weight is 210 g/mol. The fraction of sp³-hybridized carbons (Fsp3) is 0.300. The molecule has 2 rings (SSSR count). The summed E-state index contributed by atoms with van der Waals surface area (Å²) in [5.74, 6) is -0.491. The zero-order valence-corrected chi connectivity index (χ0v) is 8.24. The molecule has 1 atom stereocenters. The van der Waals surface area contributed by atoms with Crippen molar-refractivity contribution >= 4 is 11.6 Å². The molecule has 1 heterocycles. The van der Waals surface area contributed by atoms with Crippen LogP contribution in [0.15, 0.2) is 18.2 Å². The summed E-state index contributed by atoms with van der Waals surface area (Å²) in [6.45, 7) is 0.0691. The standard InChI is InChI=1S/C10H11FN2O2/c1-13-9-6(11)3-2-4-8(9)15-5-7(12)10(13)14/h2-4,7H,5,12H2,1H3. The highest BCUT2D eigenvalue weighted by Gasteiger charge is 2.28. The molecule has 1 aromatic rings. The van der Waals surface area contributed by atoms with Crippen molar-refractivity contribution in [2.45, 2.75) is 6.04 Å². The summed E-state index contributed by atoms with van der Waals surface area (Å²) in [7, 11) is 1.48. The van der Waals surface area contributed by atoms with Crippen LogP contribution in [0.4, 0.5) is 10.1 Å². The van der Waals surface area contributed by atoms with E-state index in [4.69, 9.17) is 10.5 Å². The van der Waals surface area contributed by atoms with Gasteiger partial charge in [-0.1, -0.05) is 6.07 Å². The average Bonchev–Trinajstić information content (AvgIpc) is 2.32. The first kappa shape index (κ1) is 9.92. The number of nitrogens with zero attached hydrogens (tertiary/aromatic N) is 1. The van der Waals surface area contributed by atoms with Crippen molar-refractivity contribution in [3.8, 4) is 5.75 Å². The number of carbonyl (C=O) groups excluding carboxylic acids is 1. The Morgan fingerprint density at radius 3 is 3.07 bits per heavy atom. The number of halogens is 1. The van der Waals surface area contributed by atoms with E-state index in [9.17, 15) is 9.18 Å². The Kier molecular flexibility index (Phi) is 2.32. The number of carbonyl (C=O) groups is 1. The third-order valence-electron chi connectivity index (χ3n) is 2.35. The smallest absolute Gasteiger partial charge is 0.247 e. The van der Waals surface area contributed by atoms with E-state index in [1.165, 1.54) is 24.1 Å². The summed E-state index contributed by atoms with van der Waals surface area (Å²) < 4.78 is 18.7. The monoisotopic (exact) mass is 210 g/mol. The van der Waals surface area contributed by atoms with Crippen molar-refractivity contribution in [3.05, 3.63) is 24.0 Å². The molecule has 0 fully saturated rings. The van der Waals surface area contributed by atoms with Crippen LogP contribution in [-0.4, -0.2) is 25.6 Å². The second kappa shape index (κ2) is 3.51. The minimum atomic E-state index is -0.748. The van der Waals surface area contributed by atoms with E-state index in [-0.39, 0.29) is 18.2 Å². The van der Waals surface area contributed by atoms with Gasteiger partial charge in [0, 0.05) is 7.05 Å². The predicted octanol–water partition coefficient (Wildman–Crippen LogP) is 0.508. The molecule has 1 unspecified atom stereocenters. The number of fused-ring (bicyclic) bond motifs is 1. The van der Waals surface area contributed by atoms with Crippen molar-refractivity contribution in [2.75, 3.05) is 18.6 Å². The molecule has 5 heteroatoms. The lowest BCUT2D eigenvalue weighted by Crippen LogP contribution is -2.43. The quantitative estimate of drug-likeness (QED) is 0.678. The summed E-state index contributed by atoms with van der Waals surface area (Å²) in [4.78, 5) is 12.8. The van der Waals surface area contributed by atoms with E-state index in [2.05, 4.69) is 0 Å². The lowest BCUT2D eigenvalue weighted by atomic mass is 10.2. The van der Waals surface area contributed by atoms with Crippen LogP contribution in [0, 0.1) is 5.82 Å². The Balaban J connectivity index is 2.53. The van der Waals surface area contributed by atoms with Gasteiger partial charge in [0.1, 0.15) is 24.1 Å². The second-order valence-corrected chi connectivity index (χ2v) is 3.40. The zero-order chi connectivity index (χ0) is 11.0. The normalized spacial score (nSPS) is 20.6. The molecule has 2 N–H and O–H groups in total. The van der Waals surface area contributed by atoms with Gasteiger partial charge in [0.05, 0.1) is 0 Å². The van der Waals surface area contributed by atoms with Gasteiger partial charge in [0.2, 0.25) is 5.91 Å². The zero-order valence-electron chi connectivity index (χ0n) is 8.24. The van der Waals surface area contributed by atoms with Crippen molar-refractivity contribution < 1.29 is 13.9 Å². The Bertz CT molecular complexity index is 408. The van der Waals surface area contributed by atoms with Crippen LogP contribution >= 0.6 is 0 Å². The van der Waals surface area contributed by atoms with E-state index >= 15 is 0 Å². The highest BCUT2D eigenvalue weighted by molar-refractivity contribution is 5.98. The molecule has 0 saturated heterocycles. The van der Waals surface area contributed by atoms with Crippen molar-refractivity contribution in [2.24, 2.45) is 5.73 Å². The molecule has 4 nitrogen and oxygen atoms in total. The van der Waals surface area contributed by atoms with Crippen molar-refractivity contribution in [3.63, 3.8) is 0 Å². The number of likely N-dealkylation sites (N-methyl/N-ethyl adjacent to an activating group) is 1. The molecule has 1 aliphatic rings. The number of rotatable bonds is 0. The molecule has 0 saturated carbocycles. The first-order chi connectivity index (χ1) is 7.11. The van der Waals surface area contributed by atoms with Crippen LogP contribution < -0.4 is 15.4 Å². The largest absolute Gasteiger partial charge is 0.489 e. The Morgan fingerprint density at radius 2 is 2.33 bits per heavy atom. The summed E-state index contributed by atoms with van der Waals surface area (Å²) in [6.07, 6.45) is 0. The van der Waals surface area contributed by atoms with Gasteiger partial charge < -0.3 is 15.4 Å². The van der Waals surface area contributed by atoms with Crippen LogP contribution in [-0.2, 0) is 4.79 Å². The number of nitrogens with two attached hydrogens (primary N) is 1. The van der Waals surface area contributed by atoms with E-state index in [1.54, 1.807) is 6.07 Å². The molecule has 15 heavy (non-hydrogen) atoms. The van der Waals surface area contributed by atoms with Crippen LogP contribution in [0.3, 0.4) is 0 Å². The SMILES string of the molecule is CN1C(=O)C(N)COc2cccc(F)c21. The molecule has 0 aromatic heterocycles. The number of anilines is 1. The number of hydrogen-bond donors (Lipinski definition) is 1. The fourth-order valence-corrected chi connectivity index (χ4v) is 1.55. The van der Waals surface area contributed by atoms with Gasteiger partial charge in [-0.3, -0.25) is 4.79 Å². The fourth-order valence-electron chi connectivity index (χ4n) is 1.55. The number of benzene rings is 1. The molecule has 0 bridgehead atoms. The lowest BCUT2D eigenvalue weighted by molar-refractivity contribution is -0.119. The van der Waals surface area contributed by atoms with Gasteiger partial charge >= 0.3 is 0 Å². The highest BCUT2D eigenvalue weighted by atomic mass is 19.1. The molecule has 0 aliphatic carbocycles. The third-order valence-corrected chi connectivity index (χ3v) is 2.35. The number of ether oxygens (including phenoxy) is 1. The van der Waals surface area contributed by atoms with Crippen molar-refractivity contribution in [1.29, 1.82) is 0 Å². The van der Waals surface area contributed by atoms with Gasteiger partial charge in [-0.05, 0) is 12.1 Å². The summed E-state index contributed by atoms with van der Waals surface area (Å²) >= 11 is 0. The molecule has 0 radical (unpaired) electrons. The first-order valence-corrected chi connectivity index (χ1v) is 4.55. The van der Waals surface area contributed by atoms with E-state index in [0.717, 1.165) is 0 Å². The Labute approximate surface area is 86.4 Å². The van der Waals surface area contributed by atoms with Gasteiger partial charge in [-0.2, -0.15) is 0 Å². The molecule has 0 spiro atoms. The van der Waals surface area contributed by atoms with E-state index < -0.39 is 11.9 Å². The molecule has 1 aromatic carbocycles. The van der Waals surface area contributed by atoms with E-state index in [1.807, 2.05) is 0 Å². The molecular weight excluding hydrogens is 199 g/mol. The number of amides is 1. The molecular formula is C10H11FN2O2. The third kappa shape index (κ3) is 1.55. The highest BCUT2D eigenvalue weighted by Crippen LogP contribution is 2.32. The maximum absolute atomic E-state index is 13.5. The van der Waals surface area contributed by atoms with Crippen LogP contribution in [0.1, 0.15) is 0 Å². The topological polar surface area (TPSA) is 55.6 Å². The number of hydrogen-bond acceptors (Lipinski definition) is 3. The Hall–Kier alpha value is -1.62. The Morgan fingerprint density at radius 1 is 1.60 bits per heavy atom. The number of para-hydroxylation sites is 1. The van der Waals surface area contributed by atoms with Crippen LogP contribution in [0.25, 0.3) is 0 Å². The van der Waals surface area contributed by atoms with Gasteiger partial charge in [-0.15, -0.1) is 0 Å². The summed E-state index contributed by atoms with van der Waals surface area (Å²) in [6, 6.07) is 3.67. The predicted molar refractivity (Wildman–Crippen MR) is 53.3 cm³/mol. The van der Waals surface area contributed by atoms with Gasteiger partial charge in [-0.25, -0.2) is 4.39 Å². The van der Waals surface area contributed by atoms with E-state index in [0.29, 0.717) is 5.75 Å². The van der Waals surface area contributed by atoms with Gasteiger partial charge in [0.25, 0.3) is 0 Å². The molecule has 1 aliphatic heterocycles. The maximum atomic E-state index is 13.5. The summed E-state index contributed by atoms with van der Waals surface area (Å²) in [5, 5.41) is 0.